The van der Waals surface area contributed by atoms with Gasteiger partial charge in [0.1, 0.15) is 18.0 Å². The van der Waals surface area contributed by atoms with Gasteiger partial charge in [0.2, 0.25) is 0 Å². The Bertz CT molecular complexity index is 847. The van der Waals surface area contributed by atoms with E-state index in [4.69, 9.17) is 0 Å². The number of hydrogen-bond donors (Lipinski definition) is 1. The molecule has 0 aliphatic rings. The zero-order valence-electron chi connectivity index (χ0n) is 12.3. The normalized spacial score (nSPS) is 11.7. The second kappa shape index (κ2) is 6.38. The van der Waals surface area contributed by atoms with Crippen molar-refractivity contribution in [3.05, 3.63) is 59.8 Å². The molecule has 3 aromatic rings. The molecule has 2 heterocycles. The zero-order valence-corrected chi connectivity index (χ0v) is 12.3. The lowest BCUT2D eigenvalue weighted by molar-refractivity contribution is -0.137. The molecule has 0 unspecified atom stereocenters. The van der Waals surface area contributed by atoms with Crippen LogP contribution in [0.4, 0.5) is 23.4 Å². The molecule has 8 heteroatoms. The monoisotopic (exact) mass is 336 g/mol. The molecule has 124 valence electrons. The highest BCUT2D eigenvalue weighted by Crippen LogP contribution is 2.29. The Morgan fingerprint density at radius 1 is 1.00 bits per heavy atom. The Labute approximate surface area is 134 Å². The lowest BCUT2D eigenvalue weighted by Crippen LogP contribution is -2.08. The summed E-state index contributed by atoms with van der Waals surface area (Å²) in [5.74, 6) is -0.0676. The topological polar surface area (TPSA) is 50.7 Å². The van der Waals surface area contributed by atoms with Gasteiger partial charge in [-0.15, -0.1) is 0 Å². The molecule has 0 aliphatic heterocycles. The minimum absolute atomic E-state index is 0.364. The van der Waals surface area contributed by atoms with E-state index in [0.717, 1.165) is 23.9 Å². The fourth-order valence-corrected chi connectivity index (χ4v) is 2.25. The van der Waals surface area contributed by atoms with Crippen LogP contribution >= 0.6 is 0 Å². The lowest BCUT2D eigenvalue weighted by Gasteiger charge is -2.09. The minimum Gasteiger partial charge on any atom is -0.369 e. The van der Waals surface area contributed by atoms with Crippen molar-refractivity contribution < 1.29 is 17.6 Å². The Morgan fingerprint density at radius 3 is 2.46 bits per heavy atom. The van der Waals surface area contributed by atoms with Crippen LogP contribution in [0.3, 0.4) is 0 Å². The first-order chi connectivity index (χ1) is 11.4. The van der Waals surface area contributed by atoms with E-state index in [2.05, 4.69) is 20.3 Å². The first-order valence-corrected chi connectivity index (χ1v) is 7.10. The summed E-state index contributed by atoms with van der Waals surface area (Å²) in [4.78, 5) is 11.9. The van der Waals surface area contributed by atoms with E-state index in [1.54, 1.807) is 0 Å². The summed E-state index contributed by atoms with van der Waals surface area (Å²) in [5.41, 5.74) is 0.434. The van der Waals surface area contributed by atoms with E-state index < -0.39 is 17.6 Å². The Morgan fingerprint density at radius 2 is 1.75 bits per heavy atom. The third-order valence-corrected chi connectivity index (χ3v) is 3.44. The molecular formula is C16H12F4N4. The number of rotatable bonds is 4. The number of pyridine rings is 1. The fraction of sp³-hybridized carbons (Fsp3) is 0.188. The van der Waals surface area contributed by atoms with Gasteiger partial charge in [0.25, 0.3) is 0 Å². The maximum absolute atomic E-state index is 13.3. The number of nitrogens with zero attached hydrogens (tertiary/aromatic N) is 3. The Hall–Kier alpha value is -2.77. The number of aromatic nitrogens is 3. The maximum Gasteiger partial charge on any atom is 0.416 e. The van der Waals surface area contributed by atoms with Crippen LogP contribution in [0.25, 0.3) is 11.0 Å². The maximum atomic E-state index is 13.3. The van der Waals surface area contributed by atoms with Crippen molar-refractivity contribution in [1.82, 2.24) is 15.0 Å². The van der Waals surface area contributed by atoms with Crippen molar-refractivity contribution in [2.45, 2.75) is 12.6 Å². The Kier molecular flexibility index (Phi) is 4.28. The molecule has 0 radical (unpaired) electrons. The number of fused-ring (bicyclic) bond motifs is 1. The standard InChI is InChI=1S/C16H12F4N4/c17-12-7-13-14(23-9-24-15(13)22-8-12)21-6-5-10-1-3-11(4-2-10)16(18,19)20/h1-4,7-9H,5-6H2,(H,21,22,23,24). The van der Waals surface area contributed by atoms with Gasteiger partial charge in [-0.3, -0.25) is 0 Å². The van der Waals surface area contributed by atoms with Gasteiger partial charge in [-0.2, -0.15) is 13.2 Å². The van der Waals surface area contributed by atoms with E-state index in [9.17, 15) is 17.6 Å². The largest absolute Gasteiger partial charge is 0.416 e. The molecule has 3 rings (SSSR count). The minimum atomic E-state index is -4.34. The van der Waals surface area contributed by atoms with Gasteiger partial charge < -0.3 is 5.32 Å². The third kappa shape index (κ3) is 3.58. The van der Waals surface area contributed by atoms with Crippen LogP contribution in [0.15, 0.2) is 42.9 Å². The molecule has 0 spiro atoms. The van der Waals surface area contributed by atoms with Crippen molar-refractivity contribution in [1.29, 1.82) is 0 Å². The molecule has 24 heavy (non-hydrogen) atoms. The summed E-state index contributed by atoms with van der Waals surface area (Å²) in [6, 6.07) is 6.25. The number of nitrogens with one attached hydrogen (secondary N) is 1. The summed E-state index contributed by atoms with van der Waals surface area (Å²) in [6.45, 7) is 0.425. The molecule has 0 amide bonds. The van der Waals surface area contributed by atoms with Gasteiger partial charge in [0.15, 0.2) is 5.65 Å². The molecule has 0 atom stereocenters. The predicted octanol–water partition coefficient (Wildman–Crippen LogP) is 3.84. The van der Waals surface area contributed by atoms with Crippen LogP contribution in [-0.4, -0.2) is 21.5 Å². The second-order valence-corrected chi connectivity index (χ2v) is 5.12. The quantitative estimate of drug-likeness (QED) is 0.736. The highest BCUT2D eigenvalue weighted by Gasteiger charge is 2.29. The summed E-state index contributed by atoms with van der Waals surface area (Å²) in [7, 11) is 0. The molecule has 1 aromatic carbocycles. The SMILES string of the molecule is Fc1cnc2ncnc(NCCc3ccc(C(F)(F)F)cc3)c2c1. The van der Waals surface area contributed by atoms with Gasteiger partial charge in [0.05, 0.1) is 17.1 Å². The van der Waals surface area contributed by atoms with Crippen molar-refractivity contribution >= 4 is 16.9 Å². The highest BCUT2D eigenvalue weighted by atomic mass is 19.4. The summed E-state index contributed by atoms with van der Waals surface area (Å²) < 4.78 is 50.8. The molecule has 0 aliphatic carbocycles. The fourth-order valence-electron chi connectivity index (χ4n) is 2.25. The van der Waals surface area contributed by atoms with Crippen molar-refractivity contribution in [2.24, 2.45) is 0 Å². The van der Waals surface area contributed by atoms with E-state index in [0.29, 0.717) is 29.8 Å². The molecule has 4 nitrogen and oxygen atoms in total. The van der Waals surface area contributed by atoms with Gasteiger partial charge in [0, 0.05) is 6.54 Å². The average molecular weight is 336 g/mol. The number of halogens is 4. The van der Waals surface area contributed by atoms with Crippen LogP contribution in [-0.2, 0) is 12.6 Å². The zero-order chi connectivity index (χ0) is 17.2. The summed E-state index contributed by atoms with van der Waals surface area (Å²) in [6.07, 6.45) is -1.46. The summed E-state index contributed by atoms with van der Waals surface area (Å²) >= 11 is 0. The number of anilines is 1. The molecular weight excluding hydrogens is 324 g/mol. The molecule has 1 N–H and O–H groups in total. The van der Waals surface area contributed by atoms with Crippen LogP contribution in [0.2, 0.25) is 0 Å². The van der Waals surface area contributed by atoms with Gasteiger partial charge >= 0.3 is 6.18 Å². The van der Waals surface area contributed by atoms with Gasteiger partial charge in [-0.1, -0.05) is 12.1 Å². The van der Waals surface area contributed by atoms with Crippen LogP contribution in [0.5, 0.6) is 0 Å². The molecule has 0 saturated carbocycles. The van der Waals surface area contributed by atoms with Crippen LogP contribution in [0, 0.1) is 5.82 Å². The van der Waals surface area contributed by atoms with E-state index >= 15 is 0 Å². The summed E-state index contributed by atoms with van der Waals surface area (Å²) in [5, 5.41) is 3.48. The molecule has 0 saturated heterocycles. The van der Waals surface area contributed by atoms with Crippen LogP contribution in [0.1, 0.15) is 11.1 Å². The van der Waals surface area contributed by atoms with Crippen molar-refractivity contribution in [3.8, 4) is 0 Å². The van der Waals surface area contributed by atoms with Crippen LogP contribution < -0.4 is 5.32 Å². The Balaban J connectivity index is 1.68. The lowest BCUT2D eigenvalue weighted by atomic mass is 10.1. The van der Waals surface area contributed by atoms with E-state index in [1.807, 2.05) is 0 Å². The second-order valence-electron chi connectivity index (χ2n) is 5.12. The van der Waals surface area contributed by atoms with Gasteiger partial charge in [-0.25, -0.2) is 19.3 Å². The first kappa shape index (κ1) is 16.1. The van der Waals surface area contributed by atoms with Gasteiger partial charge in [-0.05, 0) is 30.2 Å². The number of benzene rings is 1. The number of alkyl halides is 3. The third-order valence-electron chi connectivity index (χ3n) is 3.44. The number of hydrogen-bond acceptors (Lipinski definition) is 4. The van der Waals surface area contributed by atoms with E-state index in [1.165, 1.54) is 24.5 Å². The smallest absolute Gasteiger partial charge is 0.369 e. The molecule has 0 fully saturated rings. The average Bonchev–Trinajstić information content (AvgIpc) is 2.55. The molecule has 2 aromatic heterocycles. The first-order valence-electron chi connectivity index (χ1n) is 7.10. The van der Waals surface area contributed by atoms with Crippen molar-refractivity contribution in [3.63, 3.8) is 0 Å². The van der Waals surface area contributed by atoms with Crippen molar-refractivity contribution in [2.75, 3.05) is 11.9 Å². The van der Waals surface area contributed by atoms with E-state index in [-0.39, 0.29) is 0 Å². The highest BCUT2D eigenvalue weighted by molar-refractivity contribution is 5.85. The molecule has 0 bridgehead atoms. The predicted molar refractivity (Wildman–Crippen MR) is 80.9 cm³/mol.